The molecule has 0 aliphatic rings. The van der Waals surface area contributed by atoms with E-state index in [9.17, 15) is 9.90 Å². The number of carboxylic acid groups (broad SMARTS) is 1. The van der Waals surface area contributed by atoms with Gasteiger partial charge in [0.1, 0.15) is 6.54 Å². The summed E-state index contributed by atoms with van der Waals surface area (Å²) in [5.41, 5.74) is 6.15. The molecule has 0 saturated carbocycles. The number of hydrogen-bond donors (Lipinski definition) is 1. The van der Waals surface area contributed by atoms with Gasteiger partial charge < -0.3 is 9.67 Å². The molecule has 0 aliphatic heterocycles. The first kappa shape index (κ1) is 17.4. The molecule has 1 N–H and O–H groups in total. The van der Waals surface area contributed by atoms with Crippen molar-refractivity contribution in [2.24, 2.45) is 0 Å². The Hall–Kier alpha value is -3.04. The summed E-state index contributed by atoms with van der Waals surface area (Å²) in [6, 6.07) is 24.0. The van der Waals surface area contributed by atoms with Crippen molar-refractivity contribution in [3.8, 4) is 22.3 Å². The molecule has 4 aromatic rings. The first-order chi connectivity index (χ1) is 13.0. The Balaban J connectivity index is 2.00. The number of aromatic nitrogens is 1. The molecule has 0 fully saturated rings. The lowest BCUT2D eigenvalue weighted by Crippen LogP contribution is -2.09. The highest BCUT2D eigenvalue weighted by Gasteiger charge is 2.18. The minimum atomic E-state index is -0.857. The Morgan fingerprint density at radius 3 is 2.26 bits per heavy atom. The Bertz CT molecular complexity index is 1130. The summed E-state index contributed by atoms with van der Waals surface area (Å²) in [6.07, 6.45) is 0. The Morgan fingerprint density at radius 1 is 0.926 bits per heavy atom. The van der Waals surface area contributed by atoms with Crippen LogP contribution in [-0.4, -0.2) is 15.6 Å². The molecule has 0 saturated heterocycles. The van der Waals surface area contributed by atoms with Crippen molar-refractivity contribution < 1.29 is 9.90 Å². The largest absolute Gasteiger partial charge is 0.480 e. The van der Waals surface area contributed by atoms with Crippen LogP contribution in [0.15, 0.2) is 72.8 Å². The summed E-state index contributed by atoms with van der Waals surface area (Å²) in [5, 5.41) is 11.1. The highest BCUT2D eigenvalue weighted by atomic mass is 35.5. The summed E-state index contributed by atoms with van der Waals surface area (Å²) >= 11 is 6.05. The maximum atomic E-state index is 11.4. The molecule has 0 radical (unpaired) electrons. The Morgan fingerprint density at radius 2 is 1.59 bits per heavy atom. The molecule has 0 amide bonds. The van der Waals surface area contributed by atoms with E-state index in [4.69, 9.17) is 11.6 Å². The van der Waals surface area contributed by atoms with E-state index in [1.807, 2.05) is 66.1 Å². The van der Waals surface area contributed by atoms with Gasteiger partial charge in [0, 0.05) is 27.2 Å². The van der Waals surface area contributed by atoms with E-state index in [1.165, 1.54) is 0 Å². The summed E-state index contributed by atoms with van der Waals surface area (Å²) in [6.45, 7) is 1.90. The number of carboxylic acids is 1. The molecule has 0 bridgehead atoms. The third-order valence-electron chi connectivity index (χ3n) is 4.86. The second-order valence-electron chi connectivity index (χ2n) is 6.55. The number of halogens is 1. The summed E-state index contributed by atoms with van der Waals surface area (Å²) in [5.74, 6) is -0.857. The number of hydrogen-bond acceptors (Lipinski definition) is 1. The first-order valence-corrected chi connectivity index (χ1v) is 9.08. The van der Waals surface area contributed by atoms with E-state index in [2.05, 4.69) is 18.2 Å². The highest BCUT2D eigenvalue weighted by molar-refractivity contribution is 6.30. The van der Waals surface area contributed by atoms with Crippen molar-refractivity contribution >= 4 is 28.5 Å². The van der Waals surface area contributed by atoms with Gasteiger partial charge in [0.15, 0.2) is 0 Å². The number of fused-ring (bicyclic) bond motifs is 1. The lowest BCUT2D eigenvalue weighted by Gasteiger charge is -2.06. The average Bonchev–Trinajstić information content (AvgIpc) is 2.94. The van der Waals surface area contributed by atoms with Crippen LogP contribution in [0.3, 0.4) is 0 Å². The van der Waals surface area contributed by atoms with Gasteiger partial charge in [0.05, 0.1) is 0 Å². The van der Waals surface area contributed by atoms with Gasteiger partial charge >= 0.3 is 5.97 Å². The van der Waals surface area contributed by atoms with Crippen LogP contribution in [0.2, 0.25) is 5.02 Å². The van der Waals surface area contributed by atoms with Crippen LogP contribution in [0.5, 0.6) is 0 Å². The van der Waals surface area contributed by atoms with Crippen molar-refractivity contribution in [2.45, 2.75) is 13.5 Å². The van der Waals surface area contributed by atoms with E-state index < -0.39 is 5.97 Å². The maximum Gasteiger partial charge on any atom is 0.323 e. The molecule has 4 rings (SSSR count). The van der Waals surface area contributed by atoms with Crippen molar-refractivity contribution in [3.05, 3.63) is 83.5 Å². The van der Waals surface area contributed by atoms with Crippen LogP contribution >= 0.6 is 11.6 Å². The minimum Gasteiger partial charge on any atom is -0.480 e. The Labute approximate surface area is 162 Å². The molecule has 4 heteroatoms. The molecular formula is C23H18ClNO2. The van der Waals surface area contributed by atoms with Crippen molar-refractivity contribution in [3.63, 3.8) is 0 Å². The SMILES string of the molecule is Cc1c(-c2ccc(Cl)cc2)c2cc(-c3ccccc3)ccc2n1CC(=O)O. The molecular weight excluding hydrogens is 358 g/mol. The molecule has 3 nitrogen and oxygen atoms in total. The zero-order valence-corrected chi connectivity index (χ0v) is 15.6. The van der Waals surface area contributed by atoms with Crippen LogP contribution in [0.1, 0.15) is 5.69 Å². The van der Waals surface area contributed by atoms with Crippen molar-refractivity contribution in [1.82, 2.24) is 4.57 Å². The lowest BCUT2D eigenvalue weighted by molar-refractivity contribution is -0.137. The molecule has 0 aliphatic carbocycles. The third-order valence-corrected chi connectivity index (χ3v) is 5.11. The van der Waals surface area contributed by atoms with E-state index in [0.717, 1.165) is 38.9 Å². The molecule has 27 heavy (non-hydrogen) atoms. The maximum absolute atomic E-state index is 11.4. The minimum absolute atomic E-state index is 0.0688. The van der Waals surface area contributed by atoms with Gasteiger partial charge in [-0.25, -0.2) is 0 Å². The topological polar surface area (TPSA) is 42.2 Å². The van der Waals surface area contributed by atoms with Gasteiger partial charge in [0.25, 0.3) is 0 Å². The van der Waals surface area contributed by atoms with Crippen molar-refractivity contribution in [1.29, 1.82) is 0 Å². The van der Waals surface area contributed by atoms with E-state index in [0.29, 0.717) is 5.02 Å². The average molecular weight is 376 g/mol. The monoisotopic (exact) mass is 375 g/mol. The molecule has 134 valence electrons. The van der Waals surface area contributed by atoms with Crippen molar-refractivity contribution in [2.75, 3.05) is 0 Å². The smallest absolute Gasteiger partial charge is 0.323 e. The molecule has 3 aromatic carbocycles. The highest BCUT2D eigenvalue weighted by Crippen LogP contribution is 2.37. The molecule has 1 aromatic heterocycles. The van der Waals surface area contributed by atoms with Gasteiger partial charge in [-0.15, -0.1) is 0 Å². The van der Waals surface area contributed by atoms with Gasteiger partial charge in [-0.05, 0) is 47.9 Å². The normalized spacial score (nSPS) is 11.0. The summed E-state index contributed by atoms with van der Waals surface area (Å²) < 4.78 is 1.86. The summed E-state index contributed by atoms with van der Waals surface area (Å²) in [4.78, 5) is 11.4. The van der Waals surface area contributed by atoms with Crippen LogP contribution in [0, 0.1) is 6.92 Å². The number of rotatable bonds is 4. The number of nitrogens with zero attached hydrogens (tertiary/aromatic N) is 1. The van der Waals surface area contributed by atoms with Crippen LogP contribution in [0.25, 0.3) is 33.2 Å². The van der Waals surface area contributed by atoms with Gasteiger partial charge in [-0.3, -0.25) is 4.79 Å². The predicted octanol–water partition coefficient (Wildman–Crippen LogP) is 6.02. The zero-order chi connectivity index (χ0) is 19.0. The van der Waals surface area contributed by atoms with Crippen LogP contribution in [0.4, 0.5) is 0 Å². The van der Waals surface area contributed by atoms with E-state index >= 15 is 0 Å². The second kappa shape index (κ2) is 6.93. The van der Waals surface area contributed by atoms with Gasteiger partial charge in [0.2, 0.25) is 0 Å². The molecule has 1 heterocycles. The van der Waals surface area contributed by atoms with E-state index in [-0.39, 0.29) is 6.54 Å². The fourth-order valence-electron chi connectivity index (χ4n) is 3.61. The predicted molar refractivity (Wildman–Crippen MR) is 110 cm³/mol. The molecule has 0 spiro atoms. The van der Waals surface area contributed by atoms with Gasteiger partial charge in [-0.1, -0.05) is 60.1 Å². The Kier molecular flexibility index (Phi) is 4.46. The van der Waals surface area contributed by atoms with Crippen LogP contribution in [-0.2, 0) is 11.3 Å². The summed E-state index contributed by atoms with van der Waals surface area (Å²) in [7, 11) is 0. The van der Waals surface area contributed by atoms with Crippen LogP contribution < -0.4 is 0 Å². The fourth-order valence-corrected chi connectivity index (χ4v) is 3.74. The quantitative estimate of drug-likeness (QED) is 0.473. The lowest BCUT2D eigenvalue weighted by atomic mass is 9.98. The second-order valence-corrected chi connectivity index (χ2v) is 6.98. The van der Waals surface area contributed by atoms with Gasteiger partial charge in [-0.2, -0.15) is 0 Å². The standard InChI is InChI=1S/C23H18ClNO2/c1-15-23(17-7-10-19(24)11-8-17)20-13-18(16-5-3-2-4-6-16)9-12-21(20)25(15)14-22(26)27/h2-13H,14H2,1H3,(H,26,27). The fraction of sp³-hybridized carbons (Fsp3) is 0.0870. The third kappa shape index (κ3) is 3.22. The molecule has 0 unspecified atom stereocenters. The number of aliphatic carboxylic acids is 1. The molecule has 0 atom stereocenters. The number of benzene rings is 3. The number of carbonyl (C=O) groups is 1. The van der Waals surface area contributed by atoms with E-state index in [1.54, 1.807) is 0 Å². The first-order valence-electron chi connectivity index (χ1n) is 8.70. The zero-order valence-electron chi connectivity index (χ0n) is 14.8.